The summed E-state index contributed by atoms with van der Waals surface area (Å²) in [5, 5.41) is 16.0. The highest BCUT2D eigenvalue weighted by Gasteiger charge is 2.25. The first-order valence-corrected chi connectivity index (χ1v) is 8.44. The van der Waals surface area contributed by atoms with Gasteiger partial charge in [0, 0.05) is 7.11 Å². The number of fused-ring (bicyclic) bond motifs is 1. The number of hydrogen-bond donors (Lipinski definition) is 0. The Morgan fingerprint density at radius 1 is 1.15 bits per heavy atom. The second kappa shape index (κ2) is 7.63. The number of benzene rings is 1. The lowest BCUT2D eigenvalue weighted by Gasteiger charge is -2.16. The molecule has 0 saturated carbocycles. The van der Waals surface area contributed by atoms with E-state index >= 15 is 0 Å². The van der Waals surface area contributed by atoms with E-state index in [1.807, 2.05) is 25.1 Å². The van der Waals surface area contributed by atoms with Crippen molar-refractivity contribution in [3.63, 3.8) is 0 Å². The first-order valence-electron chi connectivity index (χ1n) is 8.44. The molecule has 0 N–H and O–H groups in total. The molecule has 0 bridgehead atoms. The highest BCUT2D eigenvalue weighted by molar-refractivity contribution is 5.79. The van der Waals surface area contributed by atoms with Crippen molar-refractivity contribution >= 4 is 11.2 Å². The van der Waals surface area contributed by atoms with Crippen LogP contribution in [0.1, 0.15) is 18.2 Å². The van der Waals surface area contributed by atoms with Crippen LogP contribution >= 0.6 is 0 Å². The predicted molar refractivity (Wildman–Crippen MR) is 100 cm³/mol. The quantitative estimate of drug-likeness (QED) is 0.465. The molecule has 8 heteroatoms. The van der Waals surface area contributed by atoms with Gasteiger partial charge in [-0.25, -0.2) is 4.52 Å². The number of pyridine rings is 1. The van der Waals surface area contributed by atoms with Crippen LogP contribution in [-0.2, 0) is 17.8 Å². The zero-order valence-corrected chi connectivity index (χ0v) is 15.7. The topological polar surface area (TPSA) is 88.1 Å². The summed E-state index contributed by atoms with van der Waals surface area (Å²) in [4.78, 5) is 11.2. The van der Waals surface area contributed by atoms with Gasteiger partial charge in [0.15, 0.2) is 0 Å². The molecule has 0 aliphatic rings. The van der Waals surface area contributed by atoms with E-state index in [4.69, 9.17) is 14.2 Å². The Balaban J connectivity index is 2.34. The van der Waals surface area contributed by atoms with Crippen molar-refractivity contribution in [2.24, 2.45) is 0 Å². The second-order valence-electron chi connectivity index (χ2n) is 5.92. The van der Waals surface area contributed by atoms with E-state index in [-0.39, 0.29) is 10.6 Å². The van der Waals surface area contributed by atoms with Gasteiger partial charge in [0.2, 0.25) is 0 Å². The molecule has 0 spiro atoms. The normalized spacial score (nSPS) is 11.0. The van der Waals surface area contributed by atoms with Crippen molar-refractivity contribution in [3.05, 3.63) is 51.7 Å². The van der Waals surface area contributed by atoms with E-state index in [2.05, 4.69) is 5.10 Å². The molecule has 1 aromatic carbocycles. The Morgan fingerprint density at radius 2 is 1.81 bits per heavy atom. The van der Waals surface area contributed by atoms with Gasteiger partial charge in [-0.1, -0.05) is 13.0 Å². The number of aromatic nitrogens is 2. The van der Waals surface area contributed by atoms with Crippen LogP contribution in [0.2, 0.25) is 0 Å². The van der Waals surface area contributed by atoms with Crippen molar-refractivity contribution < 1.29 is 19.1 Å². The smallest absolute Gasteiger partial charge is 0.317 e. The first-order chi connectivity index (χ1) is 13.0. The van der Waals surface area contributed by atoms with Gasteiger partial charge in [-0.2, -0.15) is 5.10 Å². The molecule has 0 aliphatic carbocycles. The maximum atomic E-state index is 11.6. The van der Waals surface area contributed by atoms with Gasteiger partial charge in [0.05, 0.1) is 37.0 Å². The lowest BCUT2D eigenvalue weighted by atomic mass is 10.0. The third-order valence-corrected chi connectivity index (χ3v) is 4.35. The van der Waals surface area contributed by atoms with Crippen LogP contribution in [0.4, 0.5) is 5.69 Å². The molecule has 0 unspecified atom stereocenters. The van der Waals surface area contributed by atoms with Crippen LogP contribution in [0.5, 0.6) is 11.5 Å². The molecule has 2 aromatic heterocycles. The second-order valence-corrected chi connectivity index (χ2v) is 5.92. The van der Waals surface area contributed by atoms with Crippen molar-refractivity contribution in [2.45, 2.75) is 20.0 Å². The minimum Gasteiger partial charge on any atom is -0.496 e. The summed E-state index contributed by atoms with van der Waals surface area (Å²) in [5.41, 5.74) is 3.09. The van der Waals surface area contributed by atoms with E-state index in [9.17, 15) is 10.1 Å². The molecule has 0 amide bonds. The van der Waals surface area contributed by atoms with Gasteiger partial charge in [-0.05, 0) is 36.2 Å². The van der Waals surface area contributed by atoms with Crippen LogP contribution in [0, 0.1) is 10.1 Å². The summed E-state index contributed by atoms with van der Waals surface area (Å²) in [6.07, 6.45) is 0.457. The number of hydrogen-bond acceptors (Lipinski definition) is 6. The van der Waals surface area contributed by atoms with E-state index in [1.54, 1.807) is 38.0 Å². The molecule has 0 aliphatic heterocycles. The largest absolute Gasteiger partial charge is 0.496 e. The molecular formula is C19H21N3O5. The average molecular weight is 371 g/mol. The van der Waals surface area contributed by atoms with Crippen LogP contribution in [0.15, 0.2) is 30.3 Å². The fourth-order valence-electron chi connectivity index (χ4n) is 3.20. The van der Waals surface area contributed by atoms with Crippen molar-refractivity contribution in [3.8, 4) is 22.8 Å². The minimum atomic E-state index is -0.388. The van der Waals surface area contributed by atoms with Gasteiger partial charge in [-0.15, -0.1) is 0 Å². The molecule has 8 nitrogen and oxygen atoms in total. The number of nitro groups is 1. The van der Waals surface area contributed by atoms with E-state index in [0.717, 1.165) is 5.56 Å². The van der Waals surface area contributed by atoms with Gasteiger partial charge >= 0.3 is 5.69 Å². The fraction of sp³-hybridized carbons (Fsp3) is 0.316. The molecule has 0 radical (unpaired) electrons. The third kappa shape index (κ3) is 3.19. The molecule has 27 heavy (non-hydrogen) atoms. The standard InChI is InChI=1S/C19H21N3O5/c1-5-13-19(22(23)24)15-8-6-7-14(21(15)20-13)18-16(26-3)9-12(11-25-2)10-17(18)27-4/h6-10H,5,11H2,1-4H3. The fourth-order valence-corrected chi connectivity index (χ4v) is 3.20. The predicted octanol–water partition coefficient (Wildman–Crippen LogP) is 3.64. The molecule has 0 atom stereocenters. The Bertz CT molecular complexity index is 971. The Hall–Kier alpha value is -3.13. The number of nitrogens with zero attached hydrogens (tertiary/aromatic N) is 3. The summed E-state index contributed by atoms with van der Waals surface area (Å²) < 4.78 is 17.9. The third-order valence-electron chi connectivity index (χ3n) is 4.35. The van der Waals surface area contributed by atoms with Crippen molar-refractivity contribution in [1.29, 1.82) is 0 Å². The summed E-state index contributed by atoms with van der Waals surface area (Å²) in [6.45, 7) is 2.25. The van der Waals surface area contributed by atoms with Crippen LogP contribution in [0.25, 0.3) is 16.8 Å². The van der Waals surface area contributed by atoms with E-state index < -0.39 is 0 Å². The van der Waals surface area contributed by atoms with Crippen LogP contribution in [0.3, 0.4) is 0 Å². The zero-order valence-electron chi connectivity index (χ0n) is 15.7. The molecule has 142 valence electrons. The van der Waals surface area contributed by atoms with E-state index in [1.165, 1.54) is 0 Å². The van der Waals surface area contributed by atoms with Crippen LogP contribution in [-0.4, -0.2) is 35.9 Å². The summed E-state index contributed by atoms with van der Waals surface area (Å²) in [7, 11) is 4.75. The summed E-state index contributed by atoms with van der Waals surface area (Å²) in [6, 6.07) is 9.00. The lowest BCUT2D eigenvalue weighted by molar-refractivity contribution is -0.383. The molecule has 3 rings (SSSR count). The molecule has 0 fully saturated rings. The Kier molecular flexibility index (Phi) is 5.27. The molecule has 3 aromatic rings. The van der Waals surface area contributed by atoms with Crippen molar-refractivity contribution in [1.82, 2.24) is 9.61 Å². The number of methoxy groups -OCH3 is 3. The Labute approximate surface area is 156 Å². The van der Waals surface area contributed by atoms with Crippen LogP contribution < -0.4 is 9.47 Å². The highest BCUT2D eigenvalue weighted by atomic mass is 16.6. The van der Waals surface area contributed by atoms with Gasteiger partial charge in [-0.3, -0.25) is 10.1 Å². The summed E-state index contributed by atoms with van der Waals surface area (Å²) in [5.74, 6) is 1.15. The van der Waals surface area contributed by atoms with Gasteiger partial charge < -0.3 is 14.2 Å². The maximum Gasteiger partial charge on any atom is 0.317 e. The first kappa shape index (κ1) is 18.7. The SMILES string of the molecule is CCc1nn2c(-c3c(OC)cc(COC)cc3OC)cccc2c1[N+](=O)[O-]. The number of aryl methyl sites for hydroxylation is 1. The lowest BCUT2D eigenvalue weighted by Crippen LogP contribution is -2.01. The average Bonchev–Trinajstić information content (AvgIpc) is 3.06. The highest BCUT2D eigenvalue weighted by Crippen LogP contribution is 2.41. The van der Waals surface area contributed by atoms with Gasteiger partial charge in [0.1, 0.15) is 22.7 Å². The van der Waals surface area contributed by atoms with E-state index in [0.29, 0.717) is 47.0 Å². The number of ether oxygens (including phenoxy) is 3. The van der Waals surface area contributed by atoms with Crippen molar-refractivity contribution in [2.75, 3.05) is 21.3 Å². The van der Waals surface area contributed by atoms with Gasteiger partial charge in [0.25, 0.3) is 0 Å². The molecule has 2 heterocycles. The monoisotopic (exact) mass is 371 g/mol. The Morgan fingerprint density at radius 3 is 2.33 bits per heavy atom. The minimum absolute atomic E-state index is 0.0216. The maximum absolute atomic E-state index is 11.6. The number of rotatable bonds is 7. The zero-order chi connectivity index (χ0) is 19.6. The molecule has 0 saturated heterocycles. The summed E-state index contributed by atoms with van der Waals surface area (Å²) >= 11 is 0. The molecular weight excluding hydrogens is 350 g/mol.